The number of benzene rings is 1. The van der Waals surface area contributed by atoms with E-state index in [1.807, 2.05) is 41.8 Å². The zero-order valence-corrected chi connectivity index (χ0v) is 12.3. The van der Waals surface area contributed by atoms with Crippen LogP contribution in [0.5, 0.6) is 0 Å². The van der Waals surface area contributed by atoms with Gasteiger partial charge in [0, 0.05) is 18.8 Å². The van der Waals surface area contributed by atoms with Crippen LogP contribution >= 0.6 is 0 Å². The van der Waals surface area contributed by atoms with Gasteiger partial charge in [-0.2, -0.15) is 10.4 Å². The molecule has 0 aliphatic carbocycles. The third kappa shape index (κ3) is 2.32. The molecule has 104 valence electrons. The van der Waals surface area contributed by atoms with E-state index >= 15 is 0 Å². The highest BCUT2D eigenvalue weighted by molar-refractivity contribution is 5.73. The molecule has 0 aliphatic rings. The Morgan fingerprint density at radius 3 is 2.70 bits per heavy atom. The molecule has 0 aliphatic heterocycles. The molecule has 1 aromatic heterocycles. The van der Waals surface area contributed by atoms with Gasteiger partial charge in [-0.15, -0.1) is 0 Å². The zero-order chi connectivity index (χ0) is 14.9. The van der Waals surface area contributed by atoms with Crippen molar-refractivity contribution in [2.24, 2.45) is 0 Å². The van der Waals surface area contributed by atoms with Crippen LogP contribution in [-0.4, -0.2) is 16.8 Å². The monoisotopic (exact) mass is 269 g/mol. The number of anilines is 3. The fourth-order valence-electron chi connectivity index (χ4n) is 2.15. The van der Waals surface area contributed by atoms with Gasteiger partial charge >= 0.3 is 0 Å². The molecule has 5 nitrogen and oxygen atoms in total. The van der Waals surface area contributed by atoms with Crippen molar-refractivity contribution in [1.29, 1.82) is 5.26 Å². The van der Waals surface area contributed by atoms with Crippen LogP contribution in [0.3, 0.4) is 0 Å². The quantitative estimate of drug-likeness (QED) is 0.929. The Hall–Kier alpha value is -2.48. The Morgan fingerprint density at radius 2 is 2.10 bits per heavy atom. The van der Waals surface area contributed by atoms with E-state index < -0.39 is 0 Å². The molecule has 0 atom stereocenters. The summed E-state index contributed by atoms with van der Waals surface area (Å²) in [5, 5.41) is 13.5. The van der Waals surface area contributed by atoms with E-state index in [4.69, 9.17) is 11.0 Å². The van der Waals surface area contributed by atoms with Gasteiger partial charge < -0.3 is 10.6 Å². The Bertz CT molecular complexity index is 663. The summed E-state index contributed by atoms with van der Waals surface area (Å²) in [6, 6.07) is 9.80. The molecule has 0 saturated heterocycles. The first-order valence-corrected chi connectivity index (χ1v) is 6.54. The lowest BCUT2D eigenvalue weighted by molar-refractivity contribution is 0.531. The van der Waals surface area contributed by atoms with Gasteiger partial charge in [-0.05, 0) is 39.0 Å². The summed E-state index contributed by atoms with van der Waals surface area (Å²) in [4.78, 5) is 1.97. The molecular weight excluding hydrogens is 250 g/mol. The maximum absolute atomic E-state index is 9.01. The Balaban J connectivity index is 2.53. The van der Waals surface area contributed by atoms with Gasteiger partial charge in [-0.1, -0.05) is 6.07 Å². The highest BCUT2D eigenvalue weighted by Crippen LogP contribution is 2.33. The van der Waals surface area contributed by atoms with Crippen LogP contribution < -0.4 is 10.6 Å². The summed E-state index contributed by atoms with van der Waals surface area (Å²) in [5.74, 6) is 0.854. The molecule has 0 spiro atoms. The topological polar surface area (TPSA) is 70.9 Å². The van der Waals surface area contributed by atoms with Gasteiger partial charge in [0.1, 0.15) is 0 Å². The summed E-state index contributed by atoms with van der Waals surface area (Å²) < 4.78 is 1.91. The highest BCUT2D eigenvalue weighted by Gasteiger charge is 2.19. The van der Waals surface area contributed by atoms with Crippen molar-refractivity contribution in [3.8, 4) is 6.07 Å². The maximum Gasteiger partial charge on any atom is 0.155 e. The predicted octanol–water partition coefficient (Wildman–Crippen LogP) is 2.99. The maximum atomic E-state index is 9.01. The summed E-state index contributed by atoms with van der Waals surface area (Å²) >= 11 is 0. The SMILES string of the molecule is Cc1nn(C(C)C)c(N(C)c2cccc(C#N)c2)c1N. The van der Waals surface area contributed by atoms with Crippen LogP contribution in [0.2, 0.25) is 0 Å². The van der Waals surface area contributed by atoms with Crippen LogP contribution in [0.1, 0.15) is 31.1 Å². The van der Waals surface area contributed by atoms with Crippen molar-refractivity contribution in [3.63, 3.8) is 0 Å². The lowest BCUT2D eigenvalue weighted by Gasteiger charge is -2.23. The van der Waals surface area contributed by atoms with E-state index in [0.717, 1.165) is 17.2 Å². The van der Waals surface area contributed by atoms with Crippen molar-refractivity contribution in [3.05, 3.63) is 35.5 Å². The number of hydrogen-bond donors (Lipinski definition) is 1. The summed E-state index contributed by atoms with van der Waals surface area (Å²) in [7, 11) is 1.93. The molecule has 20 heavy (non-hydrogen) atoms. The average Bonchev–Trinajstić information content (AvgIpc) is 2.74. The van der Waals surface area contributed by atoms with Crippen LogP contribution in [0.4, 0.5) is 17.2 Å². The third-order valence-electron chi connectivity index (χ3n) is 3.27. The first kappa shape index (κ1) is 13.9. The van der Waals surface area contributed by atoms with E-state index in [9.17, 15) is 0 Å². The van der Waals surface area contributed by atoms with Crippen LogP contribution in [-0.2, 0) is 0 Å². The lowest BCUT2D eigenvalue weighted by atomic mass is 10.2. The number of rotatable bonds is 3. The van der Waals surface area contributed by atoms with Crippen LogP contribution in [0.25, 0.3) is 0 Å². The minimum absolute atomic E-state index is 0.211. The number of hydrogen-bond acceptors (Lipinski definition) is 4. The van der Waals surface area contributed by atoms with Crippen molar-refractivity contribution in [1.82, 2.24) is 9.78 Å². The van der Waals surface area contributed by atoms with Crippen molar-refractivity contribution < 1.29 is 0 Å². The molecule has 2 aromatic rings. The van der Waals surface area contributed by atoms with Crippen molar-refractivity contribution in [2.45, 2.75) is 26.8 Å². The van der Waals surface area contributed by atoms with Crippen molar-refractivity contribution >= 4 is 17.2 Å². The molecule has 0 saturated carbocycles. The predicted molar refractivity (Wildman–Crippen MR) is 81.0 cm³/mol. The number of nitrogen functional groups attached to an aromatic ring is 1. The van der Waals surface area contributed by atoms with Gasteiger partial charge in [0.15, 0.2) is 5.82 Å². The minimum Gasteiger partial charge on any atom is -0.394 e. The number of nitrogens with zero attached hydrogens (tertiary/aromatic N) is 4. The molecule has 1 heterocycles. The molecule has 0 radical (unpaired) electrons. The first-order valence-electron chi connectivity index (χ1n) is 6.54. The molecular formula is C15H19N5. The van der Waals surface area contributed by atoms with Crippen molar-refractivity contribution in [2.75, 3.05) is 17.7 Å². The summed E-state index contributed by atoms with van der Waals surface area (Å²) in [5.41, 5.74) is 9.19. The fourth-order valence-corrected chi connectivity index (χ4v) is 2.15. The highest BCUT2D eigenvalue weighted by atomic mass is 15.4. The van der Waals surface area contributed by atoms with Crippen LogP contribution in [0, 0.1) is 18.3 Å². The van der Waals surface area contributed by atoms with E-state index in [1.165, 1.54) is 0 Å². The molecule has 0 unspecified atom stereocenters. The van der Waals surface area contributed by atoms with Gasteiger partial charge in [-0.3, -0.25) is 0 Å². The van der Waals surface area contributed by atoms with Gasteiger partial charge in [-0.25, -0.2) is 4.68 Å². The zero-order valence-electron chi connectivity index (χ0n) is 12.3. The summed E-state index contributed by atoms with van der Waals surface area (Å²) in [6.07, 6.45) is 0. The van der Waals surface area contributed by atoms with Gasteiger partial charge in [0.25, 0.3) is 0 Å². The van der Waals surface area contributed by atoms with Gasteiger partial charge in [0.05, 0.1) is 23.0 Å². The van der Waals surface area contributed by atoms with Crippen LogP contribution in [0.15, 0.2) is 24.3 Å². The number of nitrogens with two attached hydrogens (primary N) is 1. The molecule has 0 fully saturated rings. The molecule has 1 aromatic carbocycles. The second-order valence-electron chi connectivity index (χ2n) is 5.08. The second kappa shape index (κ2) is 5.25. The third-order valence-corrected chi connectivity index (χ3v) is 3.27. The standard InChI is InChI=1S/C15H19N5/c1-10(2)20-15(14(17)11(3)18-20)19(4)13-7-5-6-12(8-13)9-16/h5-8,10H,17H2,1-4H3. The molecule has 0 bridgehead atoms. The number of nitriles is 1. The Morgan fingerprint density at radius 1 is 1.40 bits per heavy atom. The second-order valence-corrected chi connectivity index (χ2v) is 5.08. The molecule has 0 amide bonds. The number of aromatic nitrogens is 2. The van der Waals surface area contributed by atoms with E-state index in [2.05, 4.69) is 25.0 Å². The van der Waals surface area contributed by atoms with E-state index in [0.29, 0.717) is 11.3 Å². The van der Waals surface area contributed by atoms with E-state index in [1.54, 1.807) is 6.07 Å². The first-order chi connectivity index (χ1) is 9.45. The normalized spacial score (nSPS) is 10.6. The lowest BCUT2D eigenvalue weighted by Crippen LogP contribution is -2.17. The Kier molecular flexibility index (Phi) is 3.66. The summed E-state index contributed by atoms with van der Waals surface area (Å²) in [6.45, 7) is 6.03. The largest absolute Gasteiger partial charge is 0.394 e. The minimum atomic E-state index is 0.211. The Labute approximate surface area is 119 Å². The number of aryl methyl sites for hydroxylation is 1. The van der Waals surface area contributed by atoms with Gasteiger partial charge in [0.2, 0.25) is 0 Å². The fraction of sp³-hybridized carbons (Fsp3) is 0.333. The molecule has 5 heteroatoms. The van der Waals surface area contributed by atoms with E-state index in [-0.39, 0.29) is 6.04 Å². The molecule has 2 rings (SSSR count). The smallest absolute Gasteiger partial charge is 0.155 e. The molecule has 2 N–H and O–H groups in total. The average molecular weight is 269 g/mol.